The standard InChI is InChI=1S/C19H24N4O3S/c1-13-8-9-14(11-18(13)27(25,26)21-2)22-19(24)12-23-10-4-5-15-16(20)6-3-7-17(15)23/h3,6-9,11,21H,4-5,10,12,20H2,1-2H3,(H,22,24). The number of hydrogen-bond donors (Lipinski definition) is 3. The van der Waals surface area contributed by atoms with Crippen LogP contribution in [0.5, 0.6) is 0 Å². The summed E-state index contributed by atoms with van der Waals surface area (Å²) in [6, 6.07) is 10.6. The van der Waals surface area contributed by atoms with Crippen LogP contribution >= 0.6 is 0 Å². The Balaban J connectivity index is 1.77. The number of sulfonamides is 1. The van der Waals surface area contributed by atoms with Crippen molar-refractivity contribution in [2.75, 3.05) is 36.1 Å². The number of rotatable bonds is 5. The van der Waals surface area contributed by atoms with E-state index in [2.05, 4.69) is 10.0 Å². The Kier molecular flexibility index (Phi) is 5.38. The first-order chi connectivity index (χ1) is 12.8. The lowest BCUT2D eigenvalue weighted by Crippen LogP contribution is -2.37. The number of fused-ring (bicyclic) bond motifs is 1. The summed E-state index contributed by atoms with van der Waals surface area (Å²) in [7, 11) is -2.22. The molecule has 0 fully saturated rings. The number of aryl methyl sites for hydroxylation is 1. The second-order valence-electron chi connectivity index (χ2n) is 6.61. The summed E-state index contributed by atoms with van der Waals surface area (Å²) >= 11 is 0. The van der Waals surface area contributed by atoms with Crippen LogP contribution in [0.15, 0.2) is 41.3 Å². The zero-order chi connectivity index (χ0) is 19.6. The Labute approximate surface area is 159 Å². The van der Waals surface area contributed by atoms with Gasteiger partial charge >= 0.3 is 0 Å². The van der Waals surface area contributed by atoms with Crippen LogP contribution in [0.3, 0.4) is 0 Å². The van der Waals surface area contributed by atoms with Gasteiger partial charge in [-0.15, -0.1) is 0 Å². The SMILES string of the molecule is CNS(=O)(=O)c1cc(NC(=O)CN2CCCc3c(N)cccc32)ccc1C. The zero-order valence-electron chi connectivity index (χ0n) is 15.5. The largest absolute Gasteiger partial charge is 0.398 e. The molecule has 8 heteroatoms. The molecule has 0 radical (unpaired) electrons. The van der Waals surface area contributed by atoms with Crippen molar-refractivity contribution in [2.45, 2.75) is 24.7 Å². The molecule has 0 bridgehead atoms. The lowest BCUT2D eigenvalue weighted by atomic mass is 10.00. The van der Waals surface area contributed by atoms with Gasteiger partial charge in [0.15, 0.2) is 0 Å². The van der Waals surface area contributed by atoms with Gasteiger partial charge in [-0.3, -0.25) is 4.79 Å². The van der Waals surface area contributed by atoms with Crippen molar-refractivity contribution in [2.24, 2.45) is 0 Å². The van der Waals surface area contributed by atoms with Crippen LogP contribution < -0.4 is 20.7 Å². The minimum absolute atomic E-state index is 0.152. The lowest BCUT2D eigenvalue weighted by molar-refractivity contribution is -0.115. The average molecular weight is 388 g/mol. The van der Waals surface area contributed by atoms with Gasteiger partial charge in [0, 0.05) is 23.6 Å². The molecular formula is C19H24N4O3S. The number of nitrogens with one attached hydrogen (secondary N) is 2. The van der Waals surface area contributed by atoms with Crippen molar-refractivity contribution in [3.8, 4) is 0 Å². The van der Waals surface area contributed by atoms with Crippen LogP contribution in [0.2, 0.25) is 0 Å². The van der Waals surface area contributed by atoms with Gasteiger partial charge in [-0.05, 0) is 62.2 Å². The van der Waals surface area contributed by atoms with Gasteiger partial charge in [0.2, 0.25) is 15.9 Å². The number of nitrogens with zero attached hydrogens (tertiary/aromatic N) is 1. The molecule has 0 saturated carbocycles. The summed E-state index contributed by atoms with van der Waals surface area (Å²) in [6.45, 7) is 2.67. The highest BCUT2D eigenvalue weighted by atomic mass is 32.2. The van der Waals surface area contributed by atoms with E-state index in [4.69, 9.17) is 5.73 Å². The van der Waals surface area contributed by atoms with Crippen LogP contribution in [0.25, 0.3) is 0 Å². The molecule has 1 aliphatic rings. The molecule has 2 aromatic rings. The first-order valence-electron chi connectivity index (χ1n) is 8.78. The minimum Gasteiger partial charge on any atom is -0.398 e. The molecule has 1 aliphatic heterocycles. The monoisotopic (exact) mass is 388 g/mol. The van der Waals surface area contributed by atoms with E-state index < -0.39 is 10.0 Å². The predicted octanol–water partition coefficient (Wildman–Crippen LogP) is 1.88. The van der Waals surface area contributed by atoms with Gasteiger partial charge in [-0.2, -0.15) is 0 Å². The van der Waals surface area contributed by atoms with Crippen molar-refractivity contribution in [1.29, 1.82) is 0 Å². The van der Waals surface area contributed by atoms with Crippen LogP contribution in [0.1, 0.15) is 17.5 Å². The fourth-order valence-corrected chi connectivity index (χ4v) is 4.34. The maximum absolute atomic E-state index is 12.5. The smallest absolute Gasteiger partial charge is 0.243 e. The van der Waals surface area contributed by atoms with Crippen molar-refractivity contribution < 1.29 is 13.2 Å². The zero-order valence-corrected chi connectivity index (χ0v) is 16.3. The van der Waals surface area contributed by atoms with Gasteiger partial charge in [0.05, 0.1) is 11.4 Å². The normalized spacial score (nSPS) is 13.9. The Bertz CT molecular complexity index is 973. The Morgan fingerprint density at radius 2 is 2.04 bits per heavy atom. The summed E-state index contributed by atoms with van der Waals surface area (Å²) < 4.78 is 26.5. The first-order valence-corrected chi connectivity index (χ1v) is 10.3. The molecule has 0 aliphatic carbocycles. The molecule has 0 spiro atoms. The van der Waals surface area contributed by atoms with Crippen molar-refractivity contribution in [3.63, 3.8) is 0 Å². The Morgan fingerprint density at radius 3 is 2.78 bits per heavy atom. The van der Waals surface area contributed by atoms with E-state index in [1.165, 1.54) is 13.1 Å². The minimum atomic E-state index is -3.58. The number of hydrogen-bond acceptors (Lipinski definition) is 5. The molecule has 7 nitrogen and oxygen atoms in total. The van der Waals surface area contributed by atoms with E-state index in [0.717, 1.165) is 36.3 Å². The quantitative estimate of drug-likeness (QED) is 0.679. The van der Waals surface area contributed by atoms with Gasteiger partial charge in [-0.1, -0.05) is 12.1 Å². The summed E-state index contributed by atoms with van der Waals surface area (Å²) in [5, 5.41) is 2.79. The molecule has 0 unspecified atom stereocenters. The summed E-state index contributed by atoms with van der Waals surface area (Å²) in [6.07, 6.45) is 1.84. The average Bonchev–Trinajstić information content (AvgIpc) is 2.64. The Morgan fingerprint density at radius 1 is 1.26 bits per heavy atom. The van der Waals surface area contributed by atoms with Crippen molar-refractivity contribution in [3.05, 3.63) is 47.5 Å². The molecule has 0 saturated heterocycles. The number of carbonyl (C=O) groups is 1. The lowest BCUT2D eigenvalue weighted by Gasteiger charge is -2.31. The Hall–Kier alpha value is -2.58. The number of nitrogens with two attached hydrogens (primary N) is 1. The van der Waals surface area contributed by atoms with Crippen LogP contribution in [0, 0.1) is 6.92 Å². The number of anilines is 3. The molecular weight excluding hydrogens is 364 g/mol. The maximum Gasteiger partial charge on any atom is 0.243 e. The molecule has 0 aromatic heterocycles. The molecule has 0 atom stereocenters. The maximum atomic E-state index is 12.5. The van der Waals surface area contributed by atoms with E-state index in [1.54, 1.807) is 19.1 Å². The fourth-order valence-electron chi connectivity index (χ4n) is 3.34. The van der Waals surface area contributed by atoms with Crippen LogP contribution in [0.4, 0.5) is 17.1 Å². The van der Waals surface area contributed by atoms with E-state index in [9.17, 15) is 13.2 Å². The molecule has 3 rings (SSSR count). The van der Waals surface area contributed by atoms with E-state index in [0.29, 0.717) is 11.3 Å². The predicted molar refractivity (Wildman–Crippen MR) is 107 cm³/mol. The van der Waals surface area contributed by atoms with Gasteiger partial charge in [0.25, 0.3) is 0 Å². The second kappa shape index (κ2) is 7.58. The molecule has 1 heterocycles. The fraction of sp³-hybridized carbons (Fsp3) is 0.316. The third-order valence-electron chi connectivity index (χ3n) is 4.75. The van der Waals surface area contributed by atoms with Crippen LogP contribution in [-0.2, 0) is 21.2 Å². The third kappa shape index (κ3) is 4.06. The van der Waals surface area contributed by atoms with Gasteiger partial charge in [-0.25, -0.2) is 13.1 Å². The molecule has 2 aromatic carbocycles. The first kappa shape index (κ1) is 19.2. The number of benzene rings is 2. The topological polar surface area (TPSA) is 105 Å². The number of nitrogen functional groups attached to an aromatic ring is 1. The number of amides is 1. The number of carbonyl (C=O) groups excluding carboxylic acids is 1. The molecule has 1 amide bonds. The van der Waals surface area contributed by atoms with E-state index in [1.807, 2.05) is 23.1 Å². The van der Waals surface area contributed by atoms with Crippen molar-refractivity contribution >= 4 is 33.0 Å². The third-order valence-corrected chi connectivity index (χ3v) is 6.30. The van der Waals surface area contributed by atoms with Gasteiger partial charge in [0.1, 0.15) is 0 Å². The highest BCUT2D eigenvalue weighted by Crippen LogP contribution is 2.31. The molecule has 27 heavy (non-hydrogen) atoms. The second-order valence-corrected chi connectivity index (χ2v) is 8.46. The molecule has 4 N–H and O–H groups in total. The summed E-state index contributed by atoms with van der Waals surface area (Å²) in [4.78, 5) is 14.7. The van der Waals surface area contributed by atoms with Crippen molar-refractivity contribution in [1.82, 2.24) is 4.72 Å². The summed E-state index contributed by atoms with van der Waals surface area (Å²) in [5.41, 5.74) is 9.93. The van der Waals surface area contributed by atoms with E-state index >= 15 is 0 Å². The highest BCUT2D eigenvalue weighted by Gasteiger charge is 2.21. The van der Waals surface area contributed by atoms with Gasteiger partial charge < -0.3 is 16.0 Å². The summed E-state index contributed by atoms with van der Waals surface area (Å²) in [5.74, 6) is -0.207. The van der Waals surface area contributed by atoms with E-state index in [-0.39, 0.29) is 17.3 Å². The van der Waals surface area contributed by atoms with Crippen LogP contribution in [-0.4, -0.2) is 34.5 Å². The molecule has 144 valence electrons. The highest BCUT2D eigenvalue weighted by molar-refractivity contribution is 7.89.